The van der Waals surface area contributed by atoms with Crippen molar-refractivity contribution in [3.8, 4) is 11.3 Å². The van der Waals surface area contributed by atoms with Crippen LogP contribution in [-0.2, 0) is 4.79 Å². The van der Waals surface area contributed by atoms with Crippen LogP contribution in [0.15, 0.2) is 60.7 Å². The van der Waals surface area contributed by atoms with Gasteiger partial charge in [0.1, 0.15) is 5.82 Å². The van der Waals surface area contributed by atoms with Crippen molar-refractivity contribution in [2.75, 3.05) is 22.6 Å². The Hall–Kier alpha value is -3.45. The summed E-state index contributed by atoms with van der Waals surface area (Å²) < 4.78 is 0. The van der Waals surface area contributed by atoms with Crippen LogP contribution in [0.25, 0.3) is 11.3 Å². The van der Waals surface area contributed by atoms with Gasteiger partial charge >= 0.3 is 0 Å². The molecule has 144 valence electrons. The lowest BCUT2D eigenvalue weighted by Gasteiger charge is -2.14. The summed E-state index contributed by atoms with van der Waals surface area (Å²) in [7, 11) is 0. The van der Waals surface area contributed by atoms with E-state index < -0.39 is 0 Å². The number of hydrogen-bond acceptors (Lipinski definition) is 6. The highest BCUT2D eigenvalue weighted by Gasteiger charge is 2.09. The van der Waals surface area contributed by atoms with Gasteiger partial charge in [-0.2, -0.15) is 4.98 Å². The second kappa shape index (κ2) is 8.96. The maximum Gasteiger partial charge on any atom is 0.225 e. The van der Waals surface area contributed by atoms with Crippen LogP contribution in [0.4, 0.5) is 23.1 Å². The number of benzene rings is 2. The quantitative estimate of drug-likeness (QED) is 0.502. The van der Waals surface area contributed by atoms with Crippen LogP contribution in [0, 0.1) is 0 Å². The van der Waals surface area contributed by atoms with Crippen molar-refractivity contribution in [1.82, 2.24) is 9.97 Å². The molecule has 2 aromatic carbocycles. The van der Waals surface area contributed by atoms with Crippen LogP contribution in [0.1, 0.15) is 13.8 Å². The van der Waals surface area contributed by atoms with Gasteiger partial charge in [0.05, 0.1) is 12.3 Å². The first-order valence-corrected chi connectivity index (χ1v) is 9.00. The van der Waals surface area contributed by atoms with E-state index in [0.29, 0.717) is 11.8 Å². The highest BCUT2D eigenvalue weighted by atomic mass is 16.3. The first kappa shape index (κ1) is 19.3. The zero-order chi connectivity index (χ0) is 19.9. The van der Waals surface area contributed by atoms with E-state index in [4.69, 9.17) is 0 Å². The Morgan fingerprint density at radius 3 is 2.36 bits per heavy atom. The van der Waals surface area contributed by atoms with Crippen LogP contribution >= 0.6 is 0 Å². The third-order valence-corrected chi connectivity index (χ3v) is 3.92. The number of nitrogens with one attached hydrogen (secondary N) is 3. The van der Waals surface area contributed by atoms with Crippen LogP contribution in [0.5, 0.6) is 0 Å². The number of anilines is 4. The third kappa shape index (κ3) is 5.28. The van der Waals surface area contributed by atoms with Crippen molar-refractivity contribution in [2.24, 2.45) is 0 Å². The zero-order valence-corrected chi connectivity index (χ0v) is 15.8. The number of carbonyl (C=O) groups excluding carboxylic acids is 1. The van der Waals surface area contributed by atoms with Gasteiger partial charge in [-0.15, -0.1) is 0 Å². The van der Waals surface area contributed by atoms with E-state index in [1.165, 1.54) is 6.92 Å². The third-order valence-electron chi connectivity index (χ3n) is 3.92. The molecule has 1 amide bonds. The van der Waals surface area contributed by atoms with Crippen molar-refractivity contribution in [3.05, 3.63) is 60.7 Å². The van der Waals surface area contributed by atoms with Crippen molar-refractivity contribution in [2.45, 2.75) is 19.9 Å². The average Bonchev–Trinajstić information content (AvgIpc) is 2.69. The van der Waals surface area contributed by atoms with Gasteiger partial charge in [-0.25, -0.2) is 4.98 Å². The molecular weight excluding hydrogens is 354 g/mol. The molecule has 7 heteroatoms. The van der Waals surface area contributed by atoms with Crippen molar-refractivity contribution in [1.29, 1.82) is 0 Å². The van der Waals surface area contributed by atoms with Crippen molar-refractivity contribution in [3.63, 3.8) is 0 Å². The second-order valence-electron chi connectivity index (χ2n) is 6.44. The summed E-state index contributed by atoms with van der Waals surface area (Å²) in [6.07, 6.45) is 0. The molecule has 1 heterocycles. The number of aromatic nitrogens is 2. The van der Waals surface area contributed by atoms with Crippen LogP contribution in [0.3, 0.4) is 0 Å². The number of aliphatic hydroxyl groups excluding tert-OH is 1. The molecule has 28 heavy (non-hydrogen) atoms. The van der Waals surface area contributed by atoms with E-state index >= 15 is 0 Å². The minimum absolute atomic E-state index is 0.0215. The summed E-state index contributed by atoms with van der Waals surface area (Å²) in [5.41, 5.74) is 3.28. The Bertz CT molecular complexity index is 929. The fourth-order valence-electron chi connectivity index (χ4n) is 2.59. The second-order valence-corrected chi connectivity index (χ2v) is 6.44. The van der Waals surface area contributed by atoms with E-state index in [1.54, 1.807) is 0 Å². The van der Waals surface area contributed by atoms with E-state index in [1.807, 2.05) is 67.6 Å². The molecule has 0 bridgehead atoms. The van der Waals surface area contributed by atoms with Crippen molar-refractivity contribution >= 4 is 29.0 Å². The highest BCUT2D eigenvalue weighted by molar-refractivity contribution is 5.88. The number of carbonyl (C=O) groups is 1. The summed E-state index contributed by atoms with van der Waals surface area (Å²) in [5.74, 6) is 0.937. The molecule has 0 saturated carbocycles. The predicted molar refractivity (Wildman–Crippen MR) is 112 cm³/mol. The lowest BCUT2D eigenvalue weighted by atomic mass is 10.1. The molecule has 4 N–H and O–H groups in total. The zero-order valence-electron chi connectivity index (χ0n) is 15.8. The van der Waals surface area contributed by atoms with Gasteiger partial charge in [-0.3, -0.25) is 4.79 Å². The van der Waals surface area contributed by atoms with E-state index in [0.717, 1.165) is 22.6 Å². The minimum atomic E-state index is -0.171. The fourth-order valence-corrected chi connectivity index (χ4v) is 2.59. The van der Waals surface area contributed by atoms with E-state index in [2.05, 4.69) is 25.9 Å². The summed E-state index contributed by atoms with van der Waals surface area (Å²) in [6, 6.07) is 18.9. The number of rotatable bonds is 7. The molecule has 1 aromatic heterocycles. The summed E-state index contributed by atoms with van der Waals surface area (Å²) >= 11 is 0. The Kier molecular flexibility index (Phi) is 6.18. The molecule has 0 aliphatic carbocycles. The Balaban J connectivity index is 1.88. The van der Waals surface area contributed by atoms with Gasteiger partial charge in [0.15, 0.2) is 0 Å². The smallest absolute Gasteiger partial charge is 0.225 e. The Morgan fingerprint density at radius 1 is 1.04 bits per heavy atom. The summed E-state index contributed by atoms with van der Waals surface area (Å²) in [5, 5.41) is 18.4. The van der Waals surface area contributed by atoms with Crippen LogP contribution < -0.4 is 16.0 Å². The molecular formula is C21H23N5O2. The fraction of sp³-hybridized carbons (Fsp3) is 0.190. The van der Waals surface area contributed by atoms with Gasteiger partial charge in [0.25, 0.3) is 0 Å². The molecule has 0 radical (unpaired) electrons. The molecule has 7 nitrogen and oxygen atoms in total. The van der Waals surface area contributed by atoms with Crippen molar-refractivity contribution < 1.29 is 9.90 Å². The standard InChI is InChI=1S/C21H23N5O2/c1-14(13-27)22-21-25-19(16-6-4-3-5-7-16)12-20(26-21)24-18-10-8-17(9-11-18)23-15(2)28/h3-12,14,27H,13H2,1-2H3,(H,23,28)(H2,22,24,25,26)/t14-/m0/s1. The largest absolute Gasteiger partial charge is 0.394 e. The number of aliphatic hydroxyl groups is 1. The first-order chi connectivity index (χ1) is 13.5. The highest BCUT2D eigenvalue weighted by Crippen LogP contribution is 2.24. The lowest BCUT2D eigenvalue weighted by Crippen LogP contribution is -2.21. The van der Waals surface area contributed by atoms with Crippen LogP contribution in [0.2, 0.25) is 0 Å². The Labute approximate surface area is 163 Å². The minimum Gasteiger partial charge on any atom is -0.394 e. The molecule has 0 fully saturated rings. The number of hydrogen-bond donors (Lipinski definition) is 4. The maximum atomic E-state index is 11.1. The molecule has 0 spiro atoms. The van der Waals surface area contributed by atoms with Gasteiger partial charge in [-0.1, -0.05) is 30.3 Å². The van der Waals surface area contributed by atoms with Gasteiger partial charge in [-0.05, 0) is 31.2 Å². The monoisotopic (exact) mass is 377 g/mol. The molecule has 0 saturated heterocycles. The lowest BCUT2D eigenvalue weighted by molar-refractivity contribution is -0.114. The van der Waals surface area contributed by atoms with Crippen LogP contribution in [-0.4, -0.2) is 33.6 Å². The Morgan fingerprint density at radius 2 is 1.71 bits per heavy atom. The average molecular weight is 377 g/mol. The molecule has 1 atom stereocenters. The number of amides is 1. The molecule has 3 aromatic rings. The summed E-state index contributed by atoms with van der Waals surface area (Å²) in [6.45, 7) is 3.30. The normalized spacial score (nSPS) is 11.5. The maximum absolute atomic E-state index is 11.1. The first-order valence-electron chi connectivity index (χ1n) is 9.00. The van der Waals surface area contributed by atoms with Gasteiger partial charge < -0.3 is 21.1 Å². The van der Waals surface area contributed by atoms with E-state index in [9.17, 15) is 9.90 Å². The van der Waals surface area contributed by atoms with Gasteiger partial charge in [0, 0.05) is 36.0 Å². The molecule has 0 aliphatic heterocycles. The molecule has 0 unspecified atom stereocenters. The topological polar surface area (TPSA) is 99.2 Å². The van der Waals surface area contributed by atoms with E-state index in [-0.39, 0.29) is 18.6 Å². The SMILES string of the molecule is CC(=O)Nc1ccc(Nc2cc(-c3ccccc3)nc(N[C@@H](C)CO)n2)cc1. The molecule has 3 rings (SSSR count). The van der Waals surface area contributed by atoms with Gasteiger partial charge in [0.2, 0.25) is 11.9 Å². The summed E-state index contributed by atoms with van der Waals surface area (Å²) in [4.78, 5) is 20.2. The molecule has 0 aliphatic rings. The predicted octanol–water partition coefficient (Wildman–Crippen LogP) is 3.64. The number of nitrogens with zero attached hydrogens (tertiary/aromatic N) is 2.